The number of rotatable bonds is 2. The summed E-state index contributed by atoms with van der Waals surface area (Å²) < 4.78 is 5.24. The van der Waals surface area contributed by atoms with Gasteiger partial charge in [-0.15, -0.1) is 0 Å². The highest BCUT2D eigenvalue weighted by Crippen LogP contribution is 2.28. The van der Waals surface area contributed by atoms with Gasteiger partial charge in [-0.3, -0.25) is 0 Å². The number of halogens is 1. The Morgan fingerprint density at radius 1 is 1.05 bits per heavy atom. The van der Waals surface area contributed by atoms with E-state index in [2.05, 4.69) is 10.1 Å². The molecule has 2 N–H and O–H groups in total. The van der Waals surface area contributed by atoms with E-state index in [0.717, 1.165) is 5.56 Å². The average molecular weight is 272 g/mol. The molecule has 0 aliphatic carbocycles. The van der Waals surface area contributed by atoms with Crippen molar-refractivity contribution in [3.05, 3.63) is 53.6 Å². The van der Waals surface area contributed by atoms with Crippen LogP contribution in [0.5, 0.6) is 0 Å². The van der Waals surface area contributed by atoms with Gasteiger partial charge in [0, 0.05) is 21.8 Å². The molecular formula is C14H10ClN3O. The van der Waals surface area contributed by atoms with Crippen LogP contribution >= 0.6 is 11.6 Å². The summed E-state index contributed by atoms with van der Waals surface area (Å²) >= 11 is 5.95. The summed E-state index contributed by atoms with van der Waals surface area (Å²) in [5, 5.41) is 4.52. The molecular weight excluding hydrogens is 262 g/mol. The van der Waals surface area contributed by atoms with Gasteiger partial charge in [0.15, 0.2) is 0 Å². The molecule has 0 atom stereocenters. The number of nitrogen functional groups attached to an aromatic ring is 1. The fourth-order valence-corrected chi connectivity index (χ4v) is 1.93. The molecule has 5 heteroatoms. The lowest BCUT2D eigenvalue weighted by atomic mass is 10.1. The first-order valence-corrected chi connectivity index (χ1v) is 6.06. The Labute approximate surface area is 114 Å². The zero-order valence-corrected chi connectivity index (χ0v) is 10.6. The molecule has 3 rings (SSSR count). The van der Waals surface area contributed by atoms with Crippen LogP contribution in [0.15, 0.2) is 53.1 Å². The lowest BCUT2D eigenvalue weighted by Crippen LogP contribution is -1.91. The van der Waals surface area contributed by atoms with E-state index in [1.54, 1.807) is 18.2 Å². The molecule has 0 unspecified atom stereocenters. The SMILES string of the molecule is Nc1ccc(Cl)cc1-c1noc(-c2ccccc2)n1. The molecule has 0 saturated heterocycles. The summed E-state index contributed by atoms with van der Waals surface area (Å²) in [6.07, 6.45) is 0. The van der Waals surface area contributed by atoms with Crippen LogP contribution in [0.1, 0.15) is 0 Å². The maximum absolute atomic E-state index is 5.95. The normalized spacial score (nSPS) is 10.6. The van der Waals surface area contributed by atoms with Crippen molar-refractivity contribution < 1.29 is 4.52 Å². The van der Waals surface area contributed by atoms with Gasteiger partial charge in [-0.1, -0.05) is 35.0 Å². The summed E-state index contributed by atoms with van der Waals surface area (Å²) in [5.41, 5.74) is 7.98. The van der Waals surface area contributed by atoms with Crippen LogP contribution < -0.4 is 5.73 Å². The minimum atomic E-state index is 0.429. The van der Waals surface area contributed by atoms with Gasteiger partial charge < -0.3 is 10.3 Å². The minimum absolute atomic E-state index is 0.429. The van der Waals surface area contributed by atoms with E-state index in [9.17, 15) is 0 Å². The zero-order chi connectivity index (χ0) is 13.2. The van der Waals surface area contributed by atoms with Crippen molar-refractivity contribution in [3.8, 4) is 22.8 Å². The predicted octanol–water partition coefficient (Wildman–Crippen LogP) is 3.64. The number of benzene rings is 2. The van der Waals surface area contributed by atoms with Crippen molar-refractivity contribution in [2.24, 2.45) is 0 Å². The molecule has 0 radical (unpaired) electrons. The molecule has 2 aromatic carbocycles. The fourth-order valence-electron chi connectivity index (χ4n) is 1.75. The number of aromatic nitrogens is 2. The second kappa shape index (κ2) is 4.74. The number of hydrogen-bond acceptors (Lipinski definition) is 4. The van der Waals surface area contributed by atoms with Crippen LogP contribution in [0.4, 0.5) is 5.69 Å². The van der Waals surface area contributed by atoms with E-state index in [4.69, 9.17) is 21.9 Å². The van der Waals surface area contributed by atoms with Crippen molar-refractivity contribution in [1.29, 1.82) is 0 Å². The van der Waals surface area contributed by atoms with Crippen LogP contribution in [0.25, 0.3) is 22.8 Å². The zero-order valence-electron chi connectivity index (χ0n) is 9.88. The van der Waals surface area contributed by atoms with Gasteiger partial charge in [0.05, 0.1) is 0 Å². The van der Waals surface area contributed by atoms with E-state index in [-0.39, 0.29) is 0 Å². The highest BCUT2D eigenvalue weighted by atomic mass is 35.5. The Morgan fingerprint density at radius 2 is 1.84 bits per heavy atom. The van der Waals surface area contributed by atoms with E-state index >= 15 is 0 Å². The number of hydrogen-bond donors (Lipinski definition) is 1. The summed E-state index contributed by atoms with van der Waals surface area (Å²) in [7, 11) is 0. The lowest BCUT2D eigenvalue weighted by Gasteiger charge is -2.00. The molecule has 1 aromatic heterocycles. The van der Waals surface area contributed by atoms with Gasteiger partial charge in [-0.2, -0.15) is 4.98 Å². The van der Waals surface area contributed by atoms with Gasteiger partial charge in [-0.05, 0) is 30.3 Å². The van der Waals surface area contributed by atoms with Crippen LogP contribution in [0.2, 0.25) is 5.02 Å². The van der Waals surface area contributed by atoms with Gasteiger partial charge in [0.2, 0.25) is 5.82 Å². The molecule has 1 heterocycles. The number of nitrogens with zero attached hydrogens (tertiary/aromatic N) is 2. The molecule has 0 saturated carbocycles. The maximum Gasteiger partial charge on any atom is 0.258 e. The molecule has 0 amide bonds. The molecule has 0 bridgehead atoms. The third kappa shape index (κ3) is 2.30. The Morgan fingerprint density at radius 3 is 2.63 bits per heavy atom. The largest absolute Gasteiger partial charge is 0.398 e. The summed E-state index contributed by atoms with van der Waals surface area (Å²) in [4.78, 5) is 4.34. The Balaban J connectivity index is 2.04. The van der Waals surface area contributed by atoms with Crippen molar-refractivity contribution in [2.45, 2.75) is 0 Å². The summed E-state index contributed by atoms with van der Waals surface area (Å²) in [6.45, 7) is 0. The van der Waals surface area contributed by atoms with Crippen LogP contribution in [0.3, 0.4) is 0 Å². The van der Waals surface area contributed by atoms with Gasteiger partial charge >= 0.3 is 0 Å². The van der Waals surface area contributed by atoms with E-state index in [1.165, 1.54) is 0 Å². The molecule has 0 aliphatic rings. The highest BCUT2D eigenvalue weighted by Gasteiger charge is 2.12. The molecule has 3 aromatic rings. The maximum atomic E-state index is 5.95. The molecule has 0 fully saturated rings. The molecule has 94 valence electrons. The number of nitrogens with two attached hydrogens (primary N) is 1. The van der Waals surface area contributed by atoms with Gasteiger partial charge in [0.25, 0.3) is 5.89 Å². The molecule has 0 spiro atoms. The van der Waals surface area contributed by atoms with Crippen molar-refractivity contribution in [1.82, 2.24) is 10.1 Å². The van der Waals surface area contributed by atoms with Crippen molar-refractivity contribution >= 4 is 17.3 Å². The minimum Gasteiger partial charge on any atom is -0.398 e. The van der Waals surface area contributed by atoms with Crippen molar-refractivity contribution in [3.63, 3.8) is 0 Å². The first-order valence-electron chi connectivity index (χ1n) is 5.68. The summed E-state index contributed by atoms with van der Waals surface area (Å²) in [5.74, 6) is 0.883. The fraction of sp³-hybridized carbons (Fsp3) is 0. The topological polar surface area (TPSA) is 64.9 Å². The van der Waals surface area contributed by atoms with Crippen LogP contribution in [0, 0.1) is 0 Å². The lowest BCUT2D eigenvalue weighted by molar-refractivity contribution is 0.432. The number of anilines is 1. The Bertz CT molecular complexity index is 710. The van der Waals surface area contributed by atoms with E-state index in [1.807, 2.05) is 30.3 Å². The van der Waals surface area contributed by atoms with E-state index < -0.39 is 0 Å². The third-order valence-corrected chi connectivity index (χ3v) is 2.94. The molecule has 0 aliphatic heterocycles. The third-order valence-electron chi connectivity index (χ3n) is 2.70. The quantitative estimate of drug-likeness (QED) is 0.723. The Hall–Kier alpha value is -2.33. The Kier molecular flexibility index (Phi) is 2.93. The monoisotopic (exact) mass is 271 g/mol. The second-order valence-corrected chi connectivity index (χ2v) is 4.46. The smallest absolute Gasteiger partial charge is 0.258 e. The predicted molar refractivity (Wildman–Crippen MR) is 74.6 cm³/mol. The van der Waals surface area contributed by atoms with E-state index in [0.29, 0.717) is 28.0 Å². The second-order valence-electron chi connectivity index (χ2n) is 4.02. The van der Waals surface area contributed by atoms with Crippen LogP contribution in [-0.4, -0.2) is 10.1 Å². The molecule has 19 heavy (non-hydrogen) atoms. The standard InChI is InChI=1S/C14H10ClN3O/c15-10-6-7-12(16)11(8-10)13-17-14(19-18-13)9-4-2-1-3-5-9/h1-8H,16H2. The van der Waals surface area contributed by atoms with Crippen LogP contribution in [-0.2, 0) is 0 Å². The van der Waals surface area contributed by atoms with Gasteiger partial charge in [0.1, 0.15) is 0 Å². The summed E-state index contributed by atoms with van der Waals surface area (Å²) in [6, 6.07) is 14.7. The molecule has 4 nitrogen and oxygen atoms in total. The first-order chi connectivity index (χ1) is 9.24. The first kappa shape index (κ1) is 11.7. The van der Waals surface area contributed by atoms with Crippen molar-refractivity contribution in [2.75, 3.05) is 5.73 Å². The highest BCUT2D eigenvalue weighted by molar-refractivity contribution is 6.31. The van der Waals surface area contributed by atoms with Gasteiger partial charge in [-0.25, -0.2) is 0 Å². The average Bonchev–Trinajstić information content (AvgIpc) is 2.92.